The average molecular weight is 329 g/mol. The number of ether oxygens (including phenoxy) is 1. The Morgan fingerprint density at radius 3 is 2.46 bits per heavy atom. The molecule has 6 nitrogen and oxygen atoms in total. The standard InChI is InChI=1S/C18H19NO5/c1-17(2)13-8-9-18(17,3)15(20)10-14(13)24-16(21)11-4-6-12(7-5-11)19(22)23/h4-7,10,13H,8-9H2,1-3H3/t13-,18+/m0/s1. The van der Waals surface area contributed by atoms with Crippen molar-refractivity contribution in [3.05, 3.63) is 51.8 Å². The third-order valence-electron chi connectivity index (χ3n) is 5.91. The number of nitro benzene ring substituents is 1. The molecule has 0 heterocycles. The van der Waals surface area contributed by atoms with Crippen molar-refractivity contribution < 1.29 is 19.2 Å². The molecular weight excluding hydrogens is 310 g/mol. The molecule has 0 aromatic heterocycles. The van der Waals surface area contributed by atoms with E-state index in [-0.39, 0.29) is 28.4 Å². The van der Waals surface area contributed by atoms with Gasteiger partial charge in [0.15, 0.2) is 5.78 Å². The van der Waals surface area contributed by atoms with Crippen LogP contribution in [0.5, 0.6) is 0 Å². The van der Waals surface area contributed by atoms with Crippen LogP contribution in [0, 0.1) is 26.9 Å². The van der Waals surface area contributed by atoms with E-state index in [1.807, 2.05) is 20.8 Å². The third kappa shape index (κ3) is 2.25. The van der Waals surface area contributed by atoms with Crippen molar-refractivity contribution in [2.45, 2.75) is 33.6 Å². The van der Waals surface area contributed by atoms with Gasteiger partial charge in [0.05, 0.1) is 10.5 Å². The molecule has 0 amide bonds. The largest absolute Gasteiger partial charge is 0.427 e. The number of nitro groups is 1. The Morgan fingerprint density at radius 1 is 1.25 bits per heavy atom. The van der Waals surface area contributed by atoms with Gasteiger partial charge in [0.2, 0.25) is 0 Å². The zero-order valence-electron chi connectivity index (χ0n) is 13.9. The summed E-state index contributed by atoms with van der Waals surface area (Å²) in [6.45, 7) is 6.05. The SMILES string of the molecule is CC1(C)[C@H]2CC[C@]1(C)C(=O)C=C2OC(=O)c1ccc([N+](=O)[O-])cc1. The second-order valence-electron chi connectivity index (χ2n) is 7.25. The predicted octanol–water partition coefficient (Wildman–Crippen LogP) is 3.66. The number of carbonyl (C=O) groups excluding carboxylic acids is 2. The van der Waals surface area contributed by atoms with Crippen LogP contribution in [0.4, 0.5) is 5.69 Å². The second-order valence-corrected chi connectivity index (χ2v) is 7.25. The van der Waals surface area contributed by atoms with Gasteiger partial charge in [0, 0.05) is 29.5 Å². The van der Waals surface area contributed by atoms with Gasteiger partial charge in [-0.05, 0) is 30.4 Å². The summed E-state index contributed by atoms with van der Waals surface area (Å²) in [5, 5.41) is 10.7. The molecule has 6 heteroatoms. The molecule has 0 N–H and O–H groups in total. The number of esters is 1. The molecule has 1 aromatic rings. The Bertz CT molecular complexity index is 762. The Kier molecular flexibility index (Phi) is 3.59. The van der Waals surface area contributed by atoms with Crippen LogP contribution in [0.25, 0.3) is 0 Å². The number of allylic oxidation sites excluding steroid dienone is 2. The van der Waals surface area contributed by atoms with E-state index in [0.717, 1.165) is 12.8 Å². The molecule has 0 aliphatic heterocycles. The Labute approximate surface area is 139 Å². The van der Waals surface area contributed by atoms with Gasteiger partial charge < -0.3 is 4.74 Å². The number of rotatable bonds is 3. The summed E-state index contributed by atoms with van der Waals surface area (Å²) >= 11 is 0. The number of hydrogen-bond donors (Lipinski definition) is 0. The fraction of sp³-hybridized carbons (Fsp3) is 0.444. The maximum atomic E-state index is 12.5. The van der Waals surface area contributed by atoms with E-state index in [0.29, 0.717) is 5.76 Å². The first-order chi connectivity index (χ1) is 11.2. The number of ketones is 1. The van der Waals surface area contributed by atoms with Gasteiger partial charge in [0.1, 0.15) is 5.76 Å². The van der Waals surface area contributed by atoms with Crippen molar-refractivity contribution >= 4 is 17.4 Å². The van der Waals surface area contributed by atoms with Crippen molar-refractivity contribution in [3.8, 4) is 0 Å². The fourth-order valence-electron chi connectivity index (χ4n) is 3.81. The first-order valence-electron chi connectivity index (χ1n) is 7.89. The molecule has 1 aromatic carbocycles. The van der Waals surface area contributed by atoms with Crippen molar-refractivity contribution in [2.75, 3.05) is 0 Å². The van der Waals surface area contributed by atoms with Gasteiger partial charge in [-0.1, -0.05) is 20.8 Å². The van der Waals surface area contributed by atoms with Crippen LogP contribution in [0.15, 0.2) is 36.1 Å². The molecule has 2 atom stereocenters. The second kappa shape index (κ2) is 5.26. The molecule has 0 saturated heterocycles. The summed E-state index contributed by atoms with van der Waals surface area (Å²) in [5.41, 5.74) is -0.561. The monoisotopic (exact) mass is 329 g/mol. The third-order valence-corrected chi connectivity index (χ3v) is 5.91. The lowest BCUT2D eigenvalue weighted by Gasteiger charge is -2.43. The van der Waals surface area contributed by atoms with Crippen LogP contribution in [-0.2, 0) is 9.53 Å². The minimum absolute atomic E-state index is 0.00671. The summed E-state index contributed by atoms with van der Waals surface area (Å²) < 4.78 is 5.49. The Hall–Kier alpha value is -2.50. The molecule has 126 valence electrons. The highest BCUT2D eigenvalue weighted by molar-refractivity contribution is 5.98. The van der Waals surface area contributed by atoms with E-state index in [1.165, 1.54) is 30.3 Å². The van der Waals surface area contributed by atoms with Crippen molar-refractivity contribution in [3.63, 3.8) is 0 Å². The number of hydrogen-bond acceptors (Lipinski definition) is 5. The van der Waals surface area contributed by atoms with Crippen molar-refractivity contribution in [1.29, 1.82) is 0 Å². The minimum Gasteiger partial charge on any atom is -0.427 e. The smallest absolute Gasteiger partial charge is 0.343 e. The summed E-state index contributed by atoms with van der Waals surface area (Å²) in [6.07, 6.45) is 3.03. The molecule has 0 radical (unpaired) electrons. The molecule has 3 rings (SSSR count). The van der Waals surface area contributed by atoms with E-state index >= 15 is 0 Å². The van der Waals surface area contributed by atoms with Crippen LogP contribution in [0.3, 0.4) is 0 Å². The number of benzene rings is 1. The summed E-state index contributed by atoms with van der Waals surface area (Å²) in [4.78, 5) is 35.0. The highest BCUT2D eigenvalue weighted by Gasteiger charge is 2.59. The molecule has 2 aliphatic rings. The number of fused-ring (bicyclic) bond motifs is 2. The van der Waals surface area contributed by atoms with Crippen molar-refractivity contribution in [1.82, 2.24) is 0 Å². The van der Waals surface area contributed by atoms with Crippen LogP contribution in [0.2, 0.25) is 0 Å². The van der Waals surface area contributed by atoms with E-state index in [1.54, 1.807) is 0 Å². The molecule has 0 unspecified atom stereocenters. The minimum atomic E-state index is -0.602. The highest BCUT2D eigenvalue weighted by atomic mass is 16.6. The topological polar surface area (TPSA) is 86.5 Å². The van der Waals surface area contributed by atoms with Gasteiger partial charge in [-0.25, -0.2) is 4.79 Å². The summed E-state index contributed by atoms with van der Waals surface area (Å²) in [5.74, 6) is -0.187. The summed E-state index contributed by atoms with van der Waals surface area (Å²) in [7, 11) is 0. The maximum Gasteiger partial charge on any atom is 0.343 e. The van der Waals surface area contributed by atoms with Gasteiger partial charge in [0.25, 0.3) is 5.69 Å². The van der Waals surface area contributed by atoms with E-state index < -0.39 is 16.3 Å². The van der Waals surface area contributed by atoms with Crippen LogP contribution >= 0.6 is 0 Å². The predicted molar refractivity (Wildman–Crippen MR) is 86.2 cm³/mol. The first-order valence-corrected chi connectivity index (χ1v) is 7.89. The van der Waals surface area contributed by atoms with Crippen molar-refractivity contribution in [2.24, 2.45) is 16.7 Å². The number of carbonyl (C=O) groups is 2. The normalized spacial score (nSPS) is 27.5. The van der Waals surface area contributed by atoms with Gasteiger partial charge in [-0.3, -0.25) is 14.9 Å². The lowest BCUT2D eigenvalue weighted by Crippen LogP contribution is -2.44. The molecule has 1 fully saturated rings. The zero-order chi connectivity index (χ0) is 17.7. The Morgan fingerprint density at radius 2 is 1.88 bits per heavy atom. The average Bonchev–Trinajstić information content (AvgIpc) is 2.68. The number of nitrogens with zero attached hydrogens (tertiary/aromatic N) is 1. The number of non-ortho nitro benzene ring substituents is 1. The quantitative estimate of drug-likeness (QED) is 0.480. The van der Waals surface area contributed by atoms with Crippen LogP contribution in [0.1, 0.15) is 44.0 Å². The van der Waals surface area contributed by atoms with Gasteiger partial charge in [-0.15, -0.1) is 0 Å². The molecule has 1 saturated carbocycles. The van der Waals surface area contributed by atoms with Gasteiger partial charge in [-0.2, -0.15) is 0 Å². The van der Waals surface area contributed by atoms with Crippen LogP contribution < -0.4 is 0 Å². The molecule has 0 spiro atoms. The molecule has 2 bridgehead atoms. The lowest BCUT2D eigenvalue weighted by atomic mass is 9.60. The lowest BCUT2D eigenvalue weighted by molar-refractivity contribution is -0.384. The van der Waals surface area contributed by atoms with Gasteiger partial charge >= 0.3 is 5.97 Å². The Balaban J connectivity index is 1.83. The molecular formula is C18H19NO5. The van der Waals surface area contributed by atoms with E-state index in [4.69, 9.17) is 4.74 Å². The molecule has 2 aliphatic carbocycles. The van der Waals surface area contributed by atoms with E-state index in [9.17, 15) is 19.7 Å². The zero-order valence-corrected chi connectivity index (χ0v) is 13.9. The highest BCUT2D eigenvalue weighted by Crippen LogP contribution is 2.61. The fourth-order valence-corrected chi connectivity index (χ4v) is 3.81. The first kappa shape index (κ1) is 16.4. The van der Waals surface area contributed by atoms with Crippen LogP contribution in [-0.4, -0.2) is 16.7 Å². The maximum absolute atomic E-state index is 12.5. The molecule has 24 heavy (non-hydrogen) atoms. The summed E-state index contributed by atoms with van der Waals surface area (Å²) in [6, 6.07) is 5.23. The van der Waals surface area contributed by atoms with E-state index in [2.05, 4.69) is 0 Å².